The zero-order valence-corrected chi connectivity index (χ0v) is 7.23. The number of carbonyl (C=O) groups excluding carboxylic acids is 2. The van der Waals surface area contributed by atoms with Crippen molar-refractivity contribution < 1.29 is 22.8 Å². The summed E-state index contributed by atoms with van der Waals surface area (Å²) in [7, 11) is 0. The number of Topliss-reactive ketones (excluding diaryl/α,β-unsaturated/α-hetero) is 1. The van der Waals surface area contributed by atoms with E-state index in [4.69, 9.17) is 0 Å². The lowest BCUT2D eigenvalue weighted by Gasteiger charge is -2.12. The fraction of sp³-hybridized carbons (Fsp3) is 0.714. The summed E-state index contributed by atoms with van der Waals surface area (Å²) in [5.74, 6) is -2.51. The molecule has 0 fully saturated rings. The zero-order valence-electron chi connectivity index (χ0n) is 7.23. The average Bonchev–Trinajstić information content (AvgIpc) is 2.01. The van der Waals surface area contributed by atoms with Crippen molar-refractivity contribution in [3.8, 4) is 0 Å². The summed E-state index contributed by atoms with van der Waals surface area (Å²) in [6, 6.07) is -1.08. The Hall–Kier alpha value is -1.07. The smallest absolute Gasteiger partial charge is 0.339 e. The monoisotopic (exact) mass is 197 g/mol. The van der Waals surface area contributed by atoms with Gasteiger partial charge in [-0.05, 0) is 6.92 Å². The van der Waals surface area contributed by atoms with E-state index < -0.39 is 23.9 Å². The second-order valence-corrected chi connectivity index (χ2v) is 2.51. The van der Waals surface area contributed by atoms with Crippen LogP contribution in [-0.4, -0.2) is 23.9 Å². The SMILES string of the molecule is CCC(=O)C(C)NC(=O)C(F)(F)F. The number of halogens is 3. The quantitative estimate of drug-likeness (QED) is 0.734. The van der Waals surface area contributed by atoms with Crippen LogP contribution in [0.25, 0.3) is 0 Å². The summed E-state index contributed by atoms with van der Waals surface area (Å²) in [6.45, 7) is 2.73. The lowest BCUT2D eigenvalue weighted by atomic mass is 10.2. The first-order valence-electron chi connectivity index (χ1n) is 3.69. The summed E-state index contributed by atoms with van der Waals surface area (Å²) < 4.78 is 35.0. The molecule has 0 rings (SSSR count). The molecule has 0 aliphatic heterocycles. The number of carbonyl (C=O) groups is 2. The molecule has 1 N–H and O–H groups in total. The Labute approximate surface area is 73.3 Å². The van der Waals surface area contributed by atoms with E-state index in [2.05, 4.69) is 0 Å². The molecular weight excluding hydrogens is 187 g/mol. The lowest BCUT2D eigenvalue weighted by molar-refractivity contribution is -0.174. The van der Waals surface area contributed by atoms with Crippen LogP contribution in [0.4, 0.5) is 13.2 Å². The maximum Gasteiger partial charge on any atom is 0.471 e. The van der Waals surface area contributed by atoms with Crippen molar-refractivity contribution in [1.29, 1.82) is 0 Å². The summed E-state index contributed by atoms with van der Waals surface area (Å²) in [4.78, 5) is 21.1. The van der Waals surface area contributed by atoms with Gasteiger partial charge in [-0.3, -0.25) is 9.59 Å². The zero-order chi connectivity index (χ0) is 10.6. The fourth-order valence-corrected chi connectivity index (χ4v) is 0.665. The van der Waals surface area contributed by atoms with Crippen LogP contribution in [-0.2, 0) is 9.59 Å². The molecule has 0 bridgehead atoms. The Morgan fingerprint density at radius 1 is 1.38 bits per heavy atom. The molecule has 0 aromatic carbocycles. The number of hydrogen-bond donors (Lipinski definition) is 1. The molecule has 1 amide bonds. The van der Waals surface area contributed by atoms with Crippen LogP contribution < -0.4 is 5.32 Å². The van der Waals surface area contributed by atoms with Gasteiger partial charge in [0.25, 0.3) is 0 Å². The first kappa shape index (κ1) is 11.9. The highest BCUT2D eigenvalue weighted by molar-refractivity contribution is 5.90. The minimum Gasteiger partial charge on any atom is -0.339 e. The minimum atomic E-state index is -4.93. The van der Waals surface area contributed by atoms with E-state index in [-0.39, 0.29) is 6.42 Å². The van der Waals surface area contributed by atoms with Gasteiger partial charge in [-0.15, -0.1) is 0 Å². The Balaban J connectivity index is 4.15. The fourth-order valence-electron chi connectivity index (χ4n) is 0.665. The third kappa shape index (κ3) is 3.91. The predicted molar refractivity (Wildman–Crippen MR) is 39.0 cm³/mol. The highest BCUT2D eigenvalue weighted by Gasteiger charge is 2.39. The summed E-state index contributed by atoms with van der Waals surface area (Å²) in [6.07, 6.45) is -4.83. The maximum absolute atomic E-state index is 11.7. The predicted octanol–water partition coefficient (Wildman–Crippen LogP) is 1.03. The number of nitrogens with one attached hydrogen (secondary N) is 1. The lowest BCUT2D eigenvalue weighted by Crippen LogP contribution is -2.45. The van der Waals surface area contributed by atoms with Gasteiger partial charge in [0.1, 0.15) is 0 Å². The van der Waals surface area contributed by atoms with E-state index in [1.54, 1.807) is 5.32 Å². The third-order valence-electron chi connectivity index (χ3n) is 1.44. The molecule has 1 unspecified atom stereocenters. The summed E-state index contributed by atoms with van der Waals surface area (Å²) in [5.41, 5.74) is 0. The molecule has 0 radical (unpaired) electrons. The first-order chi connectivity index (χ1) is 5.79. The molecule has 13 heavy (non-hydrogen) atoms. The average molecular weight is 197 g/mol. The molecule has 0 spiro atoms. The molecule has 0 aliphatic rings. The highest BCUT2D eigenvalue weighted by Crippen LogP contribution is 2.14. The van der Waals surface area contributed by atoms with Gasteiger partial charge < -0.3 is 5.32 Å². The number of rotatable bonds is 3. The van der Waals surface area contributed by atoms with E-state index in [0.717, 1.165) is 0 Å². The van der Waals surface area contributed by atoms with E-state index in [1.165, 1.54) is 13.8 Å². The first-order valence-corrected chi connectivity index (χ1v) is 3.69. The van der Waals surface area contributed by atoms with Crippen LogP contribution in [0.2, 0.25) is 0 Å². The molecule has 76 valence electrons. The molecule has 0 heterocycles. The Morgan fingerprint density at radius 2 is 1.85 bits per heavy atom. The molecule has 0 aliphatic carbocycles. The van der Waals surface area contributed by atoms with Crippen LogP contribution in [0.15, 0.2) is 0 Å². The molecule has 0 aromatic rings. The van der Waals surface area contributed by atoms with E-state index in [0.29, 0.717) is 0 Å². The van der Waals surface area contributed by atoms with Gasteiger partial charge in [0.15, 0.2) is 5.78 Å². The highest BCUT2D eigenvalue weighted by atomic mass is 19.4. The van der Waals surface area contributed by atoms with Gasteiger partial charge >= 0.3 is 12.1 Å². The van der Waals surface area contributed by atoms with Gasteiger partial charge in [-0.1, -0.05) is 6.92 Å². The van der Waals surface area contributed by atoms with Crippen LogP contribution in [0.3, 0.4) is 0 Å². The van der Waals surface area contributed by atoms with Crippen LogP contribution in [0.1, 0.15) is 20.3 Å². The molecular formula is C7H10F3NO2. The van der Waals surface area contributed by atoms with Crippen LogP contribution in [0, 0.1) is 0 Å². The van der Waals surface area contributed by atoms with Crippen molar-refractivity contribution in [1.82, 2.24) is 5.32 Å². The molecule has 3 nitrogen and oxygen atoms in total. The van der Waals surface area contributed by atoms with Crippen molar-refractivity contribution in [2.75, 3.05) is 0 Å². The Morgan fingerprint density at radius 3 is 2.15 bits per heavy atom. The van der Waals surface area contributed by atoms with E-state index in [1.807, 2.05) is 0 Å². The minimum absolute atomic E-state index is 0.0965. The Bertz CT molecular complexity index is 212. The summed E-state index contributed by atoms with van der Waals surface area (Å²) >= 11 is 0. The largest absolute Gasteiger partial charge is 0.471 e. The standard InChI is InChI=1S/C7H10F3NO2/c1-3-5(12)4(2)11-6(13)7(8,9)10/h4H,3H2,1-2H3,(H,11,13). The van der Waals surface area contributed by atoms with Crippen molar-refractivity contribution >= 4 is 11.7 Å². The molecule has 0 saturated heterocycles. The maximum atomic E-state index is 11.7. The number of ketones is 1. The topological polar surface area (TPSA) is 46.2 Å². The Kier molecular flexibility index (Phi) is 3.90. The van der Waals surface area contributed by atoms with Gasteiger partial charge in [0, 0.05) is 6.42 Å². The molecule has 6 heteroatoms. The van der Waals surface area contributed by atoms with E-state index in [9.17, 15) is 22.8 Å². The number of alkyl halides is 3. The van der Waals surface area contributed by atoms with Crippen LogP contribution >= 0.6 is 0 Å². The van der Waals surface area contributed by atoms with Crippen molar-refractivity contribution in [2.45, 2.75) is 32.5 Å². The number of hydrogen-bond acceptors (Lipinski definition) is 2. The normalized spacial score (nSPS) is 13.6. The molecule has 1 atom stereocenters. The van der Waals surface area contributed by atoms with Crippen molar-refractivity contribution in [3.05, 3.63) is 0 Å². The molecule has 0 saturated carbocycles. The van der Waals surface area contributed by atoms with Crippen LogP contribution in [0.5, 0.6) is 0 Å². The summed E-state index contributed by atoms with van der Waals surface area (Å²) in [5, 5.41) is 1.56. The van der Waals surface area contributed by atoms with E-state index >= 15 is 0 Å². The van der Waals surface area contributed by atoms with Gasteiger partial charge in [0.05, 0.1) is 6.04 Å². The number of amides is 1. The van der Waals surface area contributed by atoms with Crippen molar-refractivity contribution in [2.24, 2.45) is 0 Å². The second kappa shape index (κ2) is 4.25. The van der Waals surface area contributed by atoms with Crippen molar-refractivity contribution in [3.63, 3.8) is 0 Å². The molecule has 0 aromatic heterocycles. The van der Waals surface area contributed by atoms with Gasteiger partial charge in [0.2, 0.25) is 0 Å². The third-order valence-corrected chi connectivity index (χ3v) is 1.44. The van der Waals surface area contributed by atoms with Gasteiger partial charge in [-0.25, -0.2) is 0 Å². The second-order valence-electron chi connectivity index (χ2n) is 2.51. The van der Waals surface area contributed by atoms with Gasteiger partial charge in [-0.2, -0.15) is 13.2 Å².